The van der Waals surface area contributed by atoms with E-state index in [0.717, 1.165) is 11.4 Å². The Morgan fingerprint density at radius 1 is 1.50 bits per heavy atom. The van der Waals surface area contributed by atoms with Crippen LogP contribution >= 0.6 is 11.8 Å². The van der Waals surface area contributed by atoms with Gasteiger partial charge in [-0.15, -0.1) is 11.8 Å². The molecule has 3 rings (SSSR count). The summed E-state index contributed by atoms with van der Waals surface area (Å²) in [5.74, 6) is -1.17. The molecule has 2 aliphatic heterocycles. The third kappa shape index (κ3) is 2.71. The zero-order chi connectivity index (χ0) is 17.4. The lowest BCUT2D eigenvalue weighted by atomic mass is 9.85. The Kier molecular flexibility index (Phi) is 4.64. The molecule has 24 heavy (non-hydrogen) atoms. The number of hydrogen-bond acceptors (Lipinski definition) is 5. The molecule has 1 fully saturated rings. The highest BCUT2D eigenvalue weighted by Gasteiger charge is 2.53. The standard InChI is InChI=1S/C17H20N2O4S/c1-10-4-3-5-11(18(10)2)9-24-14-8-13-12(6-7-20)16(21)19(13)15(14)17(22)23/h3-5,12-13,20H,6-9H2,1-2H3/t12-,13+/m0/s1. The quantitative estimate of drug-likeness (QED) is 0.560. The van der Waals surface area contributed by atoms with E-state index in [4.69, 9.17) is 5.11 Å². The molecule has 1 amide bonds. The fourth-order valence-corrected chi connectivity index (χ4v) is 4.60. The predicted octanol–water partition coefficient (Wildman–Crippen LogP) is -0.373. The van der Waals surface area contributed by atoms with Crippen molar-refractivity contribution in [2.45, 2.75) is 31.6 Å². The number of β-lactam (4-membered cyclic amide) rings is 1. The lowest BCUT2D eigenvalue weighted by Gasteiger charge is -2.44. The van der Waals surface area contributed by atoms with E-state index in [2.05, 4.69) is 4.57 Å². The normalized spacial score (nSPS) is 22.6. The molecule has 0 aliphatic carbocycles. The number of aromatic nitrogens is 1. The summed E-state index contributed by atoms with van der Waals surface area (Å²) in [5, 5.41) is 20.6. The first-order chi connectivity index (χ1) is 11.5. The molecular weight excluding hydrogens is 328 g/mol. The summed E-state index contributed by atoms with van der Waals surface area (Å²) in [6.07, 6.45) is 0.908. The highest BCUT2D eigenvalue weighted by atomic mass is 32.2. The molecule has 1 aromatic heterocycles. The average Bonchev–Trinajstić information content (AvgIpc) is 2.89. The van der Waals surface area contributed by atoms with Gasteiger partial charge in [-0.05, 0) is 12.5 Å². The number of rotatable bonds is 6. The van der Waals surface area contributed by atoms with Crippen LogP contribution in [0.5, 0.6) is 0 Å². The van der Waals surface area contributed by atoms with Gasteiger partial charge >= 0.3 is 0 Å². The number of amides is 1. The van der Waals surface area contributed by atoms with Gasteiger partial charge in [-0.3, -0.25) is 4.79 Å². The third-order valence-electron chi connectivity index (χ3n) is 4.86. The lowest BCUT2D eigenvalue weighted by molar-refractivity contribution is -0.684. The number of carbonyl (C=O) groups is 2. The van der Waals surface area contributed by atoms with Crippen LogP contribution in [0, 0.1) is 12.8 Å². The maximum Gasteiger partial charge on any atom is 0.232 e. The van der Waals surface area contributed by atoms with Gasteiger partial charge in [0.2, 0.25) is 5.91 Å². The first-order valence-corrected chi connectivity index (χ1v) is 8.90. The average molecular weight is 348 g/mol. The first-order valence-electron chi connectivity index (χ1n) is 7.91. The van der Waals surface area contributed by atoms with Crippen molar-refractivity contribution in [1.82, 2.24) is 4.90 Å². The van der Waals surface area contributed by atoms with Gasteiger partial charge in [-0.1, -0.05) is 0 Å². The third-order valence-corrected chi connectivity index (χ3v) is 6.01. The Morgan fingerprint density at radius 3 is 2.92 bits per heavy atom. The minimum Gasteiger partial charge on any atom is -0.543 e. The van der Waals surface area contributed by atoms with Crippen molar-refractivity contribution in [3.63, 3.8) is 0 Å². The molecule has 2 aliphatic rings. The molecule has 0 saturated carbocycles. The number of carboxylic acid groups (broad SMARTS) is 1. The second-order valence-electron chi connectivity index (χ2n) is 6.16. The maximum atomic E-state index is 12.1. The fourth-order valence-electron chi connectivity index (χ4n) is 3.38. The van der Waals surface area contributed by atoms with Crippen LogP contribution in [0.1, 0.15) is 24.2 Å². The second-order valence-corrected chi connectivity index (χ2v) is 7.23. The van der Waals surface area contributed by atoms with Crippen LogP contribution in [0.25, 0.3) is 0 Å². The highest BCUT2D eigenvalue weighted by Crippen LogP contribution is 2.47. The van der Waals surface area contributed by atoms with Gasteiger partial charge in [0.1, 0.15) is 7.05 Å². The van der Waals surface area contributed by atoms with Crippen LogP contribution in [0.15, 0.2) is 28.8 Å². The van der Waals surface area contributed by atoms with Crippen molar-refractivity contribution >= 4 is 23.6 Å². The zero-order valence-electron chi connectivity index (χ0n) is 13.7. The van der Waals surface area contributed by atoms with E-state index in [1.54, 1.807) is 0 Å². The van der Waals surface area contributed by atoms with Crippen molar-refractivity contribution in [2.75, 3.05) is 6.61 Å². The lowest BCUT2D eigenvalue weighted by Crippen LogP contribution is -2.59. The number of hydrogen-bond donors (Lipinski definition) is 1. The molecule has 128 valence electrons. The summed E-state index contributed by atoms with van der Waals surface area (Å²) >= 11 is 1.45. The van der Waals surface area contributed by atoms with Crippen LogP contribution < -0.4 is 9.67 Å². The molecule has 1 aromatic rings. The zero-order valence-corrected chi connectivity index (χ0v) is 14.5. The second kappa shape index (κ2) is 6.57. The van der Waals surface area contributed by atoms with Gasteiger partial charge < -0.3 is 19.9 Å². The fraction of sp³-hybridized carbons (Fsp3) is 0.471. The monoisotopic (exact) mass is 348 g/mol. The summed E-state index contributed by atoms with van der Waals surface area (Å²) in [7, 11) is 1.97. The summed E-state index contributed by atoms with van der Waals surface area (Å²) in [6.45, 7) is 1.95. The molecule has 0 radical (unpaired) electrons. The van der Waals surface area contributed by atoms with Gasteiger partial charge in [-0.25, -0.2) is 4.57 Å². The largest absolute Gasteiger partial charge is 0.543 e. The summed E-state index contributed by atoms with van der Waals surface area (Å²) < 4.78 is 2.07. The minimum absolute atomic E-state index is 0.0134. The number of carboxylic acids is 1. The number of aliphatic hydroxyl groups excluding tert-OH is 1. The molecule has 7 heteroatoms. The molecule has 2 atom stereocenters. The van der Waals surface area contributed by atoms with Crippen LogP contribution in [-0.4, -0.2) is 34.5 Å². The molecule has 1 N–H and O–H groups in total. The first kappa shape index (κ1) is 17.0. The Labute approximate surface area is 144 Å². The number of pyridine rings is 1. The Balaban J connectivity index is 1.79. The van der Waals surface area contributed by atoms with E-state index in [0.29, 0.717) is 23.5 Å². The van der Waals surface area contributed by atoms with Crippen molar-refractivity contribution < 1.29 is 24.4 Å². The summed E-state index contributed by atoms with van der Waals surface area (Å²) in [4.78, 5) is 25.7. The summed E-state index contributed by atoms with van der Waals surface area (Å²) in [5.41, 5.74) is 2.22. The Hall–Kier alpha value is -1.86. The molecule has 6 nitrogen and oxygen atoms in total. The molecule has 0 aromatic carbocycles. The van der Waals surface area contributed by atoms with Crippen molar-refractivity contribution in [1.29, 1.82) is 0 Å². The van der Waals surface area contributed by atoms with E-state index in [1.807, 2.05) is 32.2 Å². The van der Waals surface area contributed by atoms with Crippen molar-refractivity contribution in [2.24, 2.45) is 13.0 Å². The molecule has 1 saturated heterocycles. The van der Waals surface area contributed by atoms with Gasteiger partial charge in [0.15, 0.2) is 11.4 Å². The number of nitrogens with zero attached hydrogens (tertiary/aromatic N) is 2. The number of thioether (sulfide) groups is 1. The SMILES string of the molecule is Cc1cccc(CSC2=C(C(=O)[O-])N3C(=O)[C@@H](CCO)[C@H]3C2)[n+]1C. The van der Waals surface area contributed by atoms with Gasteiger partial charge in [-0.2, -0.15) is 0 Å². The summed E-state index contributed by atoms with van der Waals surface area (Å²) in [6, 6.07) is 5.84. The Morgan fingerprint density at radius 2 is 2.25 bits per heavy atom. The smallest absolute Gasteiger partial charge is 0.232 e. The van der Waals surface area contributed by atoms with Crippen LogP contribution in [0.3, 0.4) is 0 Å². The van der Waals surface area contributed by atoms with E-state index in [9.17, 15) is 14.7 Å². The molecular formula is C17H20N2O4S. The van der Waals surface area contributed by atoms with E-state index < -0.39 is 5.97 Å². The van der Waals surface area contributed by atoms with Crippen LogP contribution in [-0.2, 0) is 22.4 Å². The van der Waals surface area contributed by atoms with E-state index >= 15 is 0 Å². The van der Waals surface area contributed by atoms with Crippen molar-refractivity contribution in [3.05, 3.63) is 40.2 Å². The molecule has 0 unspecified atom stereocenters. The van der Waals surface area contributed by atoms with Crippen LogP contribution in [0.4, 0.5) is 0 Å². The minimum atomic E-state index is -1.30. The van der Waals surface area contributed by atoms with Gasteiger partial charge in [0.25, 0.3) is 0 Å². The number of aryl methyl sites for hydroxylation is 1. The number of aliphatic carboxylic acids is 1. The Bertz CT molecular complexity index is 731. The predicted molar refractivity (Wildman–Crippen MR) is 86.1 cm³/mol. The number of aliphatic hydroxyl groups is 1. The topological polar surface area (TPSA) is 84.5 Å². The number of carbonyl (C=O) groups excluding carboxylic acids is 2. The number of fused-ring (bicyclic) bond motifs is 1. The van der Waals surface area contributed by atoms with Crippen molar-refractivity contribution in [3.8, 4) is 0 Å². The molecule has 0 spiro atoms. The molecule has 0 bridgehead atoms. The van der Waals surface area contributed by atoms with E-state index in [1.165, 1.54) is 16.7 Å². The van der Waals surface area contributed by atoms with Gasteiger partial charge in [0, 0.05) is 37.0 Å². The van der Waals surface area contributed by atoms with Gasteiger partial charge in [0.05, 0.1) is 29.4 Å². The van der Waals surface area contributed by atoms with E-state index in [-0.39, 0.29) is 30.2 Å². The van der Waals surface area contributed by atoms with Crippen LogP contribution in [0.2, 0.25) is 0 Å². The highest BCUT2D eigenvalue weighted by molar-refractivity contribution is 8.02. The molecule has 3 heterocycles. The maximum absolute atomic E-state index is 12.1.